The number of aromatic nitrogens is 2. The van der Waals surface area contributed by atoms with E-state index in [1.54, 1.807) is 18.2 Å². The molecule has 0 unspecified atom stereocenters. The summed E-state index contributed by atoms with van der Waals surface area (Å²) in [7, 11) is 0. The number of benzene rings is 2. The third kappa shape index (κ3) is 2.72. The number of nitrogens with zero attached hydrogens (tertiary/aromatic N) is 1. The first-order valence-electron chi connectivity index (χ1n) is 6.03. The van der Waals surface area contributed by atoms with Gasteiger partial charge in [0.15, 0.2) is 0 Å². The van der Waals surface area contributed by atoms with Crippen LogP contribution in [-0.4, -0.2) is 9.97 Å². The maximum Gasteiger partial charge on any atom is 0.258 e. The van der Waals surface area contributed by atoms with E-state index in [2.05, 4.69) is 31.2 Å². The quantitative estimate of drug-likeness (QED) is 0.605. The minimum atomic E-state index is -0.223. The van der Waals surface area contributed by atoms with Gasteiger partial charge in [-0.2, -0.15) is 0 Å². The maximum atomic E-state index is 11.7. The fraction of sp³-hybridized carbons (Fsp3) is 0. The van der Waals surface area contributed by atoms with Gasteiger partial charge in [0.25, 0.3) is 5.56 Å². The van der Waals surface area contributed by atoms with Crippen molar-refractivity contribution in [2.24, 2.45) is 0 Å². The highest BCUT2D eigenvalue weighted by Crippen LogP contribution is 2.32. The van der Waals surface area contributed by atoms with Crippen molar-refractivity contribution in [3.63, 3.8) is 0 Å². The van der Waals surface area contributed by atoms with E-state index < -0.39 is 0 Å². The van der Waals surface area contributed by atoms with Crippen molar-refractivity contribution in [1.29, 1.82) is 0 Å². The van der Waals surface area contributed by atoms with E-state index in [1.807, 2.05) is 12.1 Å². The number of H-pyrrole nitrogens is 1. The SMILES string of the molecule is Nc1cc2c(=O)[nH]cnc2cc1Nc1cc(Br)ccc1Cl. The van der Waals surface area contributed by atoms with Gasteiger partial charge in [-0.1, -0.05) is 27.5 Å². The molecule has 21 heavy (non-hydrogen) atoms. The molecule has 0 saturated heterocycles. The van der Waals surface area contributed by atoms with Crippen molar-refractivity contribution in [1.82, 2.24) is 9.97 Å². The molecule has 0 aliphatic carbocycles. The van der Waals surface area contributed by atoms with E-state index in [1.165, 1.54) is 6.33 Å². The Kier molecular flexibility index (Phi) is 3.57. The van der Waals surface area contributed by atoms with Crippen LogP contribution >= 0.6 is 27.5 Å². The van der Waals surface area contributed by atoms with Gasteiger partial charge in [0.05, 0.1) is 39.3 Å². The normalized spacial score (nSPS) is 10.8. The summed E-state index contributed by atoms with van der Waals surface area (Å²) in [5.74, 6) is 0. The molecule has 1 aromatic heterocycles. The molecular formula is C14H10BrClN4O. The molecule has 0 atom stereocenters. The van der Waals surface area contributed by atoms with Crippen LogP contribution < -0.4 is 16.6 Å². The van der Waals surface area contributed by atoms with E-state index in [9.17, 15) is 4.79 Å². The van der Waals surface area contributed by atoms with E-state index in [0.717, 1.165) is 4.47 Å². The van der Waals surface area contributed by atoms with Gasteiger partial charge < -0.3 is 16.0 Å². The molecule has 7 heteroatoms. The molecule has 5 nitrogen and oxygen atoms in total. The smallest absolute Gasteiger partial charge is 0.258 e. The Labute approximate surface area is 133 Å². The van der Waals surface area contributed by atoms with Crippen LogP contribution in [0.15, 0.2) is 45.9 Å². The molecule has 0 fully saturated rings. The fourth-order valence-electron chi connectivity index (χ4n) is 1.98. The summed E-state index contributed by atoms with van der Waals surface area (Å²) in [5, 5.41) is 4.17. The number of aromatic amines is 1. The molecule has 4 N–H and O–H groups in total. The number of halogens is 2. The molecule has 1 heterocycles. The van der Waals surface area contributed by atoms with Crippen molar-refractivity contribution in [2.45, 2.75) is 0 Å². The standard InChI is InChI=1S/C14H10BrClN4O/c15-7-1-2-9(16)12(3-7)20-13-5-11-8(4-10(13)17)14(21)19-6-18-11/h1-6,20H,17H2,(H,18,19,21). The first-order valence-corrected chi connectivity index (χ1v) is 7.20. The minimum absolute atomic E-state index is 0.223. The van der Waals surface area contributed by atoms with Gasteiger partial charge in [-0.3, -0.25) is 4.79 Å². The number of nitrogen functional groups attached to an aromatic ring is 1. The number of nitrogens with one attached hydrogen (secondary N) is 2. The molecule has 0 radical (unpaired) electrons. The summed E-state index contributed by atoms with van der Waals surface area (Å²) in [5.41, 5.74) is 8.12. The second-order valence-corrected chi connectivity index (χ2v) is 5.76. The zero-order chi connectivity index (χ0) is 15.0. The van der Waals surface area contributed by atoms with E-state index in [4.69, 9.17) is 17.3 Å². The lowest BCUT2D eigenvalue weighted by Crippen LogP contribution is -2.07. The molecular weight excluding hydrogens is 356 g/mol. The number of hydrogen-bond acceptors (Lipinski definition) is 4. The van der Waals surface area contributed by atoms with Crippen LogP contribution in [0.5, 0.6) is 0 Å². The average molecular weight is 366 g/mol. The van der Waals surface area contributed by atoms with Crippen LogP contribution in [0.1, 0.15) is 0 Å². The molecule has 0 amide bonds. The Hall–Kier alpha value is -2.05. The fourth-order valence-corrected chi connectivity index (χ4v) is 2.50. The van der Waals surface area contributed by atoms with Crippen molar-refractivity contribution in [3.05, 3.63) is 56.5 Å². The summed E-state index contributed by atoms with van der Waals surface area (Å²) < 4.78 is 0.892. The van der Waals surface area contributed by atoms with Crippen LogP contribution in [0.3, 0.4) is 0 Å². The zero-order valence-corrected chi connectivity index (χ0v) is 13.0. The lowest BCUT2D eigenvalue weighted by Gasteiger charge is -2.12. The van der Waals surface area contributed by atoms with E-state index >= 15 is 0 Å². The van der Waals surface area contributed by atoms with Gasteiger partial charge in [-0.15, -0.1) is 0 Å². The number of nitrogens with two attached hydrogens (primary N) is 1. The molecule has 0 bridgehead atoms. The molecule has 3 aromatic rings. The highest BCUT2D eigenvalue weighted by molar-refractivity contribution is 9.10. The Balaban J connectivity index is 2.10. The third-order valence-electron chi connectivity index (χ3n) is 3.01. The summed E-state index contributed by atoms with van der Waals surface area (Å²) >= 11 is 9.54. The number of hydrogen-bond donors (Lipinski definition) is 3. The highest BCUT2D eigenvalue weighted by Gasteiger charge is 2.08. The van der Waals surface area contributed by atoms with Gasteiger partial charge >= 0.3 is 0 Å². The summed E-state index contributed by atoms with van der Waals surface area (Å²) in [6.45, 7) is 0. The van der Waals surface area contributed by atoms with Crippen molar-refractivity contribution in [2.75, 3.05) is 11.1 Å². The van der Waals surface area contributed by atoms with Crippen molar-refractivity contribution < 1.29 is 0 Å². The van der Waals surface area contributed by atoms with Crippen LogP contribution in [0.4, 0.5) is 17.1 Å². The Morgan fingerprint density at radius 2 is 2.05 bits per heavy atom. The molecule has 3 rings (SSSR count). The largest absolute Gasteiger partial charge is 0.397 e. The van der Waals surface area contributed by atoms with Crippen LogP contribution in [0.25, 0.3) is 10.9 Å². The Morgan fingerprint density at radius 3 is 2.86 bits per heavy atom. The highest BCUT2D eigenvalue weighted by atomic mass is 79.9. The first kappa shape index (κ1) is 13.9. The summed E-state index contributed by atoms with van der Waals surface area (Å²) in [6.07, 6.45) is 1.36. The predicted molar refractivity (Wildman–Crippen MR) is 89.2 cm³/mol. The van der Waals surface area contributed by atoms with Crippen LogP contribution in [-0.2, 0) is 0 Å². The minimum Gasteiger partial charge on any atom is -0.397 e. The van der Waals surface area contributed by atoms with Crippen LogP contribution in [0.2, 0.25) is 5.02 Å². The molecule has 106 valence electrons. The maximum absolute atomic E-state index is 11.7. The lowest BCUT2D eigenvalue weighted by atomic mass is 10.2. The molecule has 0 aliphatic rings. The first-order chi connectivity index (χ1) is 10.0. The second-order valence-electron chi connectivity index (χ2n) is 4.44. The number of rotatable bonds is 2. The lowest BCUT2D eigenvalue weighted by molar-refractivity contribution is 1.17. The second kappa shape index (κ2) is 5.38. The number of fused-ring (bicyclic) bond motifs is 1. The molecule has 0 spiro atoms. The predicted octanol–water partition coefficient (Wildman–Crippen LogP) is 3.66. The monoisotopic (exact) mass is 364 g/mol. The van der Waals surface area contributed by atoms with Gasteiger partial charge in [0, 0.05) is 4.47 Å². The molecule has 0 saturated carbocycles. The summed E-state index contributed by atoms with van der Waals surface area (Å²) in [4.78, 5) is 18.3. The van der Waals surface area contributed by atoms with E-state index in [-0.39, 0.29) is 5.56 Å². The third-order valence-corrected chi connectivity index (χ3v) is 3.83. The van der Waals surface area contributed by atoms with Gasteiger partial charge in [-0.25, -0.2) is 4.98 Å². The average Bonchev–Trinajstić information content (AvgIpc) is 2.45. The number of anilines is 3. The van der Waals surface area contributed by atoms with Gasteiger partial charge in [0.2, 0.25) is 0 Å². The van der Waals surface area contributed by atoms with Crippen molar-refractivity contribution in [3.8, 4) is 0 Å². The Morgan fingerprint density at radius 1 is 1.24 bits per heavy atom. The van der Waals surface area contributed by atoms with Gasteiger partial charge in [-0.05, 0) is 30.3 Å². The van der Waals surface area contributed by atoms with E-state index in [0.29, 0.717) is 33.0 Å². The van der Waals surface area contributed by atoms with Crippen molar-refractivity contribution >= 4 is 55.5 Å². The topological polar surface area (TPSA) is 83.8 Å². The molecule has 2 aromatic carbocycles. The van der Waals surface area contributed by atoms with Crippen LogP contribution in [0, 0.1) is 0 Å². The zero-order valence-electron chi connectivity index (χ0n) is 10.7. The van der Waals surface area contributed by atoms with Gasteiger partial charge in [0.1, 0.15) is 0 Å². The summed E-state index contributed by atoms with van der Waals surface area (Å²) in [6, 6.07) is 8.77. The Bertz CT molecular complexity index is 894. The molecule has 0 aliphatic heterocycles.